The van der Waals surface area contributed by atoms with Gasteiger partial charge in [0.25, 0.3) is 0 Å². The van der Waals surface area contributed by atoms with E-state index in [1.54, 1.807) is 30.3 Å². The number of hydrogen-bond donors (Lipinski definition) is 2. The summed E-state index contributed by atoms with van der Waals surface area (Å²) in [5.41, 5.74) is -0.539. The quantitative estimate of drug-likeness (QED) is 0.562. The van der Waals surface area contributed by atoms with Crippen LogP contribution in [0.2, 0.25) is 0 Å². The molecule has 11 heteroatoms. The number of hydrogen-bond acceptors (Lipinski definition) is 5. The lowest BCUT2D eigenvalue weighted by Gasteiger charge is -2.17. The number of esters is 1. The molecule has 1 amide bonds. The second-order valence-electron chi connectivity index (χ2n) is 6.47. The number of benzene rings is 2. The summed E-state index contributed by atoms with van der Waals surface area (Å²) in [7, 11) is -3.34. The van der Waals surface area contributed by atoms with E-state index >= 15 is 0 Å². The van der Waals surface area contributed by atoms with Crippen LogP contribution >= 0.6 is 0 Å². The highest BCUT2D eigenvalue weighted by atomic mass is 32.2. The molecule has 0 saturated carbocycles. The molecule has 0 fully saturated rings. The molecule has 0 aliphatic heterocycles. The maximum absolute atomic E-state index is 13.1. The zero-order valence-corrected chi connectivity index (χ0v) is 17.3. The van der Waals surface area contributed by atoms with Gasteiger partial charge in [0.05, 0.1) is 17.6 Å². The minimum Gasteiger partial charge on any atom is -0.467 e. The van der Waals surface area contributed by atoms with E-state index < -0.39 is 57.5 Å². The van der Waals surface area contributed by atoms with E-state index in [2.05, 4.69) is 10.1 Å². The average molecular weight is 458 g/mol. The molecule has 168 valence electrons. The van der Waals surface area contributed by atoms with Crippen LogP contribution in [-0.4, -0.2) is 40.0 Å². The lowest BCUT2D eigenvalue weighted by molar-refractivity contribution is -0.145. The number of sulfonamides is 1. The normalized spacial score (nSPS) is 12.8. The Kier molecular flexibility index (Phi) is 8.17. The van der Waals surface area contributed by atoms with Crippen LogP contribution in [0.3, 0.4) is 0 Å². The molecule has 2 aromatic carbocycles. The van der Waals surface area contributed by atoms with Crippen LogP contribution in [0.1, 0.15) is 17.5 Å². The Morgan fingerprint density at radius 3 is 2.26 bits per heavy atom. The van der Waals surface area contributed by atoms with Gasteiger partial charge in [-0.15, -0.1) is 0 Å². The summed E-state index contributed by atoms with van der Waals surface area (Å²) >= 11 is 0. The van der Waals surface area contributed by atoms with Gasteiger partial charge >= 0.3 is 12.1 Å². The largest absolute Gasteiger partial charge is 0.467 e. The van der Waals surface area contributed by atoms with Crippen molar-refractivity contribution >= 4 is 21.9 Å². The van der Waals surface area contributed by atoms with Crippen molar-refractivity contribution in [2.45, 2.75) is 30.0 Å². The number of alkyl halides is 3. The number of carbonyl (C=O) groups excluding carboxylic acids is 2. The Morgan fingerprint density at radius 2 is 1.65 bits per heavy atom. The lowest BCUT2D eigenvalue weighted by Crippen LogP contribution is -2.44. The Morgan fingerprint density at radius 1 is 1.03 bits per heavy atom. The first kappa shape index (κ1) is 24.4. The molecule has 0 aliphatic rings. The maximum atomic E-state index is 13.1. The molecule has 7 nitrogen and oxygen atoms in total. The van der Waals surface area contributed by atoms with Gasteiger partial charge in [-0.2, -0.15) is 13.2 Å². The summed E-state index contributed by atoms with van der Waals surface area (Å²) in [6.45, 7) is -0.459. The first-order valence-electron chi connectivity index (χ1n) is 9.11. The molecule has 0 bridgehead atoms. The van der Waals surface area contributed by atoms with Crippen LogP contribution in [0.4, 0.5) is 13.2 Å². The van der Waals surface area contributed by atoms with E-state index in [0.29, 0.717) is 6.07 Å². The predicted molar refractivity (Wildman–Crippen MR) is 105 cm³/mol. The molecule has 1 unspecified atom stereocenters. The number of rotatable bonds is 9. The second kappa shape index (κ2) is 10.4. The van der Waals surface area contributed by atoms with E-state index in [4.69, 9.17) is 0 Å². The van der Waals surface area contributed by atoms with Gasteiger partial charge in [0.15, 0.2) is 0 Å². The Labute approximate surface area is 177 Å². The molecule has 0 spiro atoms. The summed E-state index contributed by atoms with van der Waals surface area (Å²) in [6.07, 6.45) is -5.09. The first-order valence-corrected chi connectivity index (χ1v) is 10.6. The maximum Gasteiger partial charge on any atom is 0.417 e. The van der Waals surface area contributed by atoms with Gasteiger partial charge in [-0.1, -0.05) is 42.5 Å². The Balaban J connectivity index is 1.99. The number of carbonyl (C=O) groups is 2. The molecule has 31 heavy (non-hydrogen) atoms. The van der Waals surface area contributed by atoms with E-state index in [0.717, 1.165) is 17.7 Å². The molecular weight excluding hydrogens is 437 g/mol. The van der Waals surface area contributed by atoms with Gasteiger partial charge < -0.3 is 10.1 Å². The molecule has 0 aliphatic carbocycles. The third-order valence-electron chi connectivity index (χ3n) is 4.23. The predicted octanol–water partition coefficient (Wildman–Crippen LogP) is 2.27. The van der Waals surface area contributed by atoms with E-state index in [9.17, 15) is 31.2 Å². The van der Waals surface area contributed by atoms with E-state index in [1.807, 2.05) is 4.72 Å². The van der Waals surface area contributed by atoms with E-state index in [-0.39, 0.29) is 6.42 Å². The number of nitrogens with one attached hydrogen (secondary N) is 2. The lowest BCUT2D eigenvalue weighted by atomic mass is 10.1. The molecule has 0 saturated heterocycles. The summed E-state index contributed by atoms with van der Waals surface area (Å²) in [5.74, 6) is -1.35. The van der Waals surface area contributed by atoms with Crippen molar-refractivity contribution in [2.24, 2.45) is 0 Å². The number of halogens is 3. The summed E-state index contributed by atoms with van der Waals surface area (Å²) in [6, 6.07) is 11.6. The first-order chi connectivity index (χ1) is 14.5. The van der Waals surface area contributed by atoms with E-state index in [1.165, 1.54) is 13.2 Å². The third-order valence-corrected chi connectivity index (χ3v) is 5.75. The van der Waals surface area contributed by atoms with Gasteiger partial charge in [0.1, 0.15) is 6.04 Å². The van der Waals surface area contributed by atoms with Crippen LogP contribution in [0.25, 0.3) is 0 Å². The SMILES string of the molecule is COC(=O)C(Cc1ccccc1)NC(=O)CCNS(=O)(=O)c1ccccc1C(F)(F)F. The van der Waals surface area contributed by atoms with Crippen molar-refractivity contribution in [2.75, 3.05) is 13.7 Å². The molecule has 0 heterocycles. The van der Waals surface area contributed by atoms with Crippen molar-refractivity contribution in [3.8, 4) is 0 Å². The topological polar surface area (TPSA) is 102 Å². The van der Waals surface area contributed by atoms with Crippen molar-refractivity contribution < 1.29 is 35.9 Å². The zero-order valence-electron chi connectivity index (χ0n) is 16.5. The average Bonchev–Trinajstić information content (AvgIpc) is 2.72. The zero-order chi connectivity index (χ0) is 23.1. The van der Waals surface area contributed by atoms with Crippen LogP contribution in [0.5, 0.6) is 0 Å². The van der Waals surface area contributed by atoms with Crippen LogP contribution < -0.4 is 10.0 Å². The molecule has 0 aromatic heterocycles. The highest BCUT2D eigenvalue weighted by Gasteiger charge is 2.36. The number of ether oxygens (including phenoxy) is 1. The highest BCUT2D eigenvalue weighted by Crippen LogP contribution is 2.33. The third kappa shape index (κ3) is 7.07. The number of methoxy groups -OCH3 is 1. The fraction of sp³-hybridized carbons (Fsp3) is 0.300. The van der Waals surface area contributed by atoms with Crippen LogP contribution in [-0.2, 0) is 36.9 Å². The minimum absolute atomic E-state index is 0.157. The minimum atomic E-state index is -4.85. The molecule has 1 atom stereocenters. The van der Waals surface area contributed by atoms with Crippen molar-refractivity contribution in [3.05, 3.63) is 65.7 Å². The fourth-order valence-corrected chi connectivity index (χ4v) is 4.02. The van der Waals surface area contributed by atoms with Gasteiger partial charge in [-0.25, -0.2) is 17.9 Å². The smallest absolute Gasteiger partial charge is 0.417 e. The monoisotopic (exact) mass is 458 g/mol. The van der Waals surface area contributed by atoms with Crippen LogP contribution in [0.15, 0.2) is 59.5 Å². The molecular formula is C20H21F3N2O5S. The van der Waals surface area contributed by atoms with Crippen molar-refractivity contribution in [1.82, 2.24) is 10.0 Å². The Hall–Kier alpha value is -2.92. The fourth-order valence-electron chi connectivity index (χ4n) is 2.76. The Bertz CT molecular complexity index is 1010. The van der Waals surface area contributed by atoms with Gasteiger partial charge in [0, 0.05) is 19.4 Å². The van der Waals surface area contributed by atoms with Crippen molar-refractivity contribution in [3.63, 3.8) is 0 Å². The highest BCUT2D eigenvalue weighted by molar-refractivity contribution is 7.89. The second-order valence-corrected chi connectivity index (χ2v) is 8.21. The molecule has 2 aromatic rings. The van der Waals surface area contributed by atoms with Crippen molar-refractivity contribution in [1.29, 1.82) is 0 Å². The summed E-state index contributed by atoms with van der Waals surface area (Å²) < 4.78 is 70.4. The van der Waals surface area contributed by atoms with Gasteiger partial charge in [0.2, 0.25) is 15.9 Å². The molecule has 2 rings (SSSR count). The summed E-state index contributed by atoms with van der Waals surface area (Å²) in [5, 5.41) is 2.45. The standard InChI is InChI=1S/C20H21F3N2O5S/c1-30-19(27)16(13-14-7-3-2-4-8-14)25-18(26)11-12-24-31(28,29)17-10-6-5-9-15(17)20(21,22)23/h2-10,16,24H,11-13H2,1H3,(H,25,26). The van der Waals surface area contributed by atoms with Gasteiger partial charge in [-0.3, -0.25) is 4.79 Å². The van der Waals surface area contributed by atoms with Crippen LogP contribution in [0, 0.1) is 0 Å². The van der Waals surface area contributed by atoms with Gasteiger partial charge in [-0.05, 0) is 17.7 Å². The summed E-state index contributed by atoms with van der Waals surface area (Å²) in [4.78, 5) is 23.2. The molecule has 2 N–H and O–H groups in total. The number of amides is 1. The molecule has 0 radical (unpaired) electrons.